The molecule has 1 rings (SSSR count). The molecule has 0 aliphatic carbocycles. The molecule has 0 aliphatic heterocycles. The third kappa shape index (κ3) is 10.6. The van der Waals surface area contributed by atoms with Gasteiger partial charge in [-0.2, -0.15) is 0 Å². The minimum atomic E-state index is -1.85. The third-order valence-corrected chi connectivity index (χ3v) is 10.1. The molecule has 0 fully saturated rings. The van der Waals surface area contributed by atoms with Gasteiger partial charge in [0.15, 0.2) is 0 Å². The Morgan fingerprint density at radius 2 is 1.79 bits per heavy atom. The van der Waals surface area contributed by atoms with Crippen molar-refractivity contribution in [2.24, 2.45) is 0 Å². The average Bonchev–Trinajstić information content (AvgIpc) is 2.74. The molecule has 3 N–H and O–H groups in total. The number of aliphatic hydroxyl groups excluding tert-OH is 1. The number of benzene rings is 1. The highest BCUT2D eigenvalue weighted by Crippen LogP contribution is 2.35. The molecular weight excluding hydrogens is 440 g/mol. The predicted octanol–water partition coefficient (Wildman–Crippen LogP) is 2.76. The van der Waals surface area contributed by atoms with Crippen LogP contribution in [0.5, 0.6) is 0 Å². The quantitative estimate of drug-likeness (QED) is 0.287. The Bertz CT molecular complexity index is 855. The van der Waals surface area contributed by atoms with Crippen molar-refractivity contribution in [3.8, 4) is 11.5 Å². The first-order valence-corrected chi connectivity index (χ1v) is 13.9. The van der Waals surface area contributed by atoms with Crippen LogP contribution in [-0.4, -0.2) is 57.0 Å². The van der Waals surface area contributed by atoms with E-state index in [0.717, 1.165) is 5.56 Å². The Morgan fingerprint density at radius 1 is 1.15 bits per heavy atom. The molecule has 0 aromatic heterocycles. The number of hydrogen-bond acceptors (Lipinski definition) is 6. The first-order valence-electron chi connectivity index (χ1n) is 10.9. The van der Waals surface area contributed by atoms with E-state index in [9.17, 15) is 19.5 Å². The lowest BCUT2D eigenvalue weighted by molar-refractivity contribution is -0.145. The van der Waals surface area contributed by atoms with Crippen molar-refractivity contribution in [2.75, 3.05) is 13.7 Å². The molecule has 9 heteroatoms. The zero-order valence-corrected chi connectivity index (χ0v) is 21.4. The number of ether oxygens (including phenoxy) is 2. The van der Waals surface area contributed by atoms with E-state index in [-0.39, 0.29) is 31.0 Å². The first-order chi connectivity index (χ1) is 15.4. The van der Waals surface area contributed by atoms with E-state index in [4.69, 9.17) is 9.47 Å². The van der Waals surface area contributed by atoms with Crippen molar-refractivity contribution < 1.29 is 29.0 Å². The van der Waals surface area contributed by atoms with Gasteiger partial charge in [-0.05, 0) is 10.6 Å². The Balaban J connectivity index is 2.51. The van der Waals surface area contributed by atoms with E-state index < -0.39 is 38.2 Å². The van der Waals surface area contributed by atoms with E-state index in [1.807, 2.05) is 30.3 Å². The van der Waals surface area contributed by atoms with Crippen LogP contribution in [0.2, 0.25) is 18.1 Å². The van der Waals surface area contributed by atoms with Crippen molar-refractivity contribution >= 4 is 26.0 Å². The summed E-state index contributed by atoms with van der Waals surface area (Å²) in [6, 6.07) is 8.23. The SMILES string of the molecule is COC(=O)[C@@H](CC#C[Si](C)(C)C(C)(C)C)NC(=O)C[C@@H](O)CNC(=O)OCc1ccccc1. The maximum absolute atomic E-state index is 12.3. The highest BCUT2D eigenvalue weighted by molar-refractivity contribution is 6.87. The second kappa shape index (κ2) is 13.0. The van der Waals surface area contributed by atoms with Gasteiger partial charge in [0.2, 0.25) is 5.91 Å². The van der Waals surface area contributed by atoms with Crippen LogP contribution in [0.3, 0.4) is 0 Å². The van der Waals surface area contributed by atoms with Gasteiger partial charge in [0.25, 0.3) is 0 Å². The summed E-state index contributed by atoms with van der Waals surface area (Å²) in [6.07, 6.45) is -2.04. The molecule has 0 heterocycles. The van der Waals surface area contributed by atoms with E-state index >= 15 is 0 Å². The highest BCUT2D eigenvalue weighted by atomic mass is 28.3. The van der Waals surface area contributed by atoms with E-state index in [2.05, 4.69) is 56.0 Å². The summed E-state index contributed by atoms with van der Waals surface area (Å²) in [7, 11) is -0.612. The smallest absolute Gasteiger partial charge is 0.407 e. The number of hydrogen-bond donors (Lipinski definition) is 3. The predicted molar refractivity (Wildman–Crippen MR) is 129 cm³/mol. The Morgan fingerprint density at radius 3 is 2.36 bits per heavy atom. The normalized spacial score (nSPS) is 13.1. The molecule has 2 atom stereocenters. The number of nitrogens with one attached hydrogen (secondary N) is 2. The molecule has 8 nitrogen and oxygen atoms in total. The molecule has 1 aromatic carbocycles. The standard InChI is InChI=1S/C24H36N2O6Si/c1-24(2,3)33(5,6)14-10-13-20(22(29)31-4)26-21(28)15-19(27)16-25-23(30)32-17-18-11-8-7-9-12-18/h7-9,11-12,19-20,27H,13,15-17H2,1-6H3,(H,25,30)(H,26,28)/t19-,20-/m1/s1. The number of esters is 1. The maximum atomic E-state index is 12.3. The van der Waals surface area contributed by atoms with E-state index in [0.29, 0.717) is 0 Å². The second-order valence-electron chi connectivity index (χ2n) is 9.32. The number of aliphatic hydroxyl groups is 1. The van der Waals surface area contributed by atoms with Crippen LogP contribution in [0.4, 0.5) is 4.79 Å². The van der Waals surface area contributed by atoms with Gasteiger partial charge >= 0.3 is 12.1 Å². The van der Waals surface area contributed by atoms with Gasteiger partial charge in [-0.3, -0.25) is 4.79 Å². The van der Waals surface area contributed by atoms with Crippen LogP contribution in [0.15, 0.2) is 30.3 Å². The molecule has 0 bridgehead atoms. The molecule has 0 aliphatic rings. The summed E-state index contributed by atoms with van der Waals surface area (Å²) in [5.41, 5.74) is 4.13. The molecule has 33 heavy (non-hydrogen) atoms. The summed E-state index contributed by atoms with van der Waals surface area (Å²) in [5, 5.41) is 15.1. The number of amides is 2. The van der Waals surface area contributed by atoms with Crippen molar-refractivity contribution in [2.45, 2.75) is 70.5 Å². The molecule has 0 spiro atoms. The zero-order chi connectivity index (χ0) is 25.1. The molecule has 1 aromatic rings. The van der Waals surface area contributed by atoms with Gasteiger partial charge in [-0.15, -0.1) is 11.5 Å². The summed E-state index contributed by atoms with van der Waals surface area (Å²) in [6.45, 7) is 10.6. The fourth-order valence-corrected chi connectivity index (χ4v) is 3.33. The molecule has 0 unspecified atom stereocenters. The molecule has 0 saturated carbocycles. The average molecular weight is 477 g/mol. The minimum Gasteiger partial charge on any atom is -0.467 e. The van der Waals surface area contributed by atoms with Crippen LogP contribution in [0, 0.1) is 11.5 Å². The van der Waals surface area contributed by atoms with Crippen molar-refractivity contribution in [1.82, 2.24) is 10.6 Å². The molecule has 2 amide bonds. The van der Waals surface area contributed by atoms with Crippen LogP contribution >= 0.6 is 0 Å². The Kier molecular flexibility index (Phi) is 11.1. The van der Waals surface area contributed by atoms with Crippen molar-refractivity contribution in [3.05, 3.63) is 35.9 Å². The van der Waals surface area contributed by atoms with Crippen molar-refractivity contribution in [1.29, 1.82) is 0 Å². The fraction of sp³-hybridized carbons (Fsp3) is 0.542. The van der Waals surface area contributed by atoms with Crippen LogP contribution in [0.25, 0.3) is 0 Å². The lowest BCUT2D eigenvalue weighted by atomic mass is 10.2. The van der Waals surface area contributed by atoms with Crippen molar-refractivity contribution in [3.63, 3.8) is 0 Å². The summed E-state index contributed by atoms with van der Waals surface area (Å²) >= 11 is 0. The number of methoxy groups -OCH3 is 1. The van der Waals surface area contributed by atoms with Gasteiger partial charge in [0.05, 0.1) is 19.6 Å². The van der Waals surface area contributed by atoms with Crippen LogP contribution in [-0.2, 0) is 25.7 Å². The number of carbonyl (C=O) groups is 3. The first kappa shape index (κ1) is 28.2. The Labute approximate surface area is 197 Å². The molecule has 182 valence electrons. The van der Waals surface area contributed by atoms with Gasteiger partial charge in [0, 0.05) is 13.0 Å². The largest absolute Gasteiger partial charge is 0.467 e. The van der Waals surface area contributed by atoms with E-state index in [1.165, 1.54) is 7.11 Å². The lowest BCUT2D eigenvalue weighted by Gasteiger charge is -2.31. The molecule has 0 saturated heterocycles. The lowest BCUT2D eigenvalue weighted by Crippen LogP contribution is -2.43. The number of alkyl carbamates (subject to hydrolysis) is 1. The Hall–Kier alpha value is -2.83. The van der Waals surface area contributed by atoms with Gasteiger partial charge in [0.1, 0.15) is 20.7 Å². The zero-order valence-electron chi connectivity index (χ0n) is 20.4. The highest BCUT2D eigenvalue weighted by Gasteiger charge is 2.33. The maximum Gasteiger partial charge on any atom is 0.407 e. The topological polar surface area (TPSA) is 114 Å². The second-order valence-corrected chi connectivity index (χ2v) is 14.3. The molecular formula is C24H36N2O6Si. The summed E-state index contributed by atoms with van der Waals surface area (Å²) in [5.74, 6) is 1.88. The van der Waals surface area contributed by atoms with E-state index in [1.54, 1.807) is 0 Å². The van der Waals surface area contributed by atoms with Gasteiger partial charge < -0.3 is 25.2 Å². The summed E-state index contributed by atoms with van der Waals surface area (Å²) < 4.78 is 9.82. The molecule has 0 radical (unpaired) electrons. The fourth-order valence-electron chi connectivity index (χ4n) is 2.41. The van der Waals surface area contributed by atoms with Crippen LogP contribution in [0.1, 0.15) is 39.2 Å². The van der Waals surface area contributed by atoms with Gasteiger partial charge in [-0.1, -0.05) is 64.2 Å². The monoisotopic (exact) mass is 476 g/mol. The van der Waals surface area contributed by atoms with Gasteiger partial charge in [-0.25, -0.2) is 9.59 Å². The number of carbonyl (C=O) groups excluding carboxylic acids is 3. The number of rotatable bonds is 9. The minimum absolute atomic E-state index is 0.0728. The van der Waals surface area contributed by atoms with Crippen LogP contribution < -0.4 is 10.6 Å². The third-order valence-electron chi connectivity index (χ3n) is 5.52. The summed E-state index contributed by atoms with van der Waals surface area (Å²) in [4.78, 5) is 36.1.